The topological polar surface area (TPSA) is 42.7 Å². The van der Waals surface area contributed by atoms with Gasteiger partial charge >= 0.3 is 0 Å². The molecule has 0 radical (unpaired) electrons. The van der Waals surface area contributed by atoms with Gasteiger partial charge < -0.3 is 4.74 Å². The quantitative estimate of drug-likeness (QED) is 0.527. The van der Waals surface area contributed by atoms with Crippen LogP contribution in [0.1, 0.15) is 18.4 Å². The summed E-state index contributed by atoms with van der Waals surface area (Å²) in [5.74, 6) is 1.41. The van der Waals surface area contributed by atoms with Crippen LogP contribution in [0.25, 0.3) is 16.7 Å². The monoisotopic (exact) mass is 372 g/mol. The molecule has 5 nitrogen and oxygen atoms in total. The van der Waals surface area contributed by atoms with Gasteiger partial charge in [0.1, 0.15) is 11.3 Å². The Morgan fingerprint density at radius 2 is 1.82 bits per heavy atom. The van der Waals surface area contributed by atoms with Crippen molar-refractivity contribution in [2.75, 3.05) is 19.7 Å². The lowest BCUT2D eigenvalue weighted by Gasteiger charge is -2.31. The minimum atomic E-state index is 0.588. The molecule has 3 aromatic heterocycles. The molecule has 4 heterocycles. The van der Waals surface area contributed by atoms with Gasteiger partial charge in [0.15, 0.2) is 5.65 Å². The van der Waals surface area contributed by atoms with E-state index in [9.17, 15) is 0 Å². The zero-order valence-corrected chi connectivity index (χ0v) is 15.9. The Labute approximate surface area is 164 Å². The zero-order chi connectivity index (χ0) is 18.8. The fourth-order valence-electron chi connectivity index (χ4n) is 4.02. The van der Waals surface area contributed by atoms with Crippen molar-refractivity contribution in [3.05, 3.63) is 72.7 Å². The molecule has 1 aliphatic heterocycles. The first-order valence-electron chi connectivity index (χ1n) is 9.97. The fraction of sp³-hybridized carbons (Fsp3) is 0.304. The molecule has 1 fully saturated rings. The molecule has 0 bridgehead atoms. The van der Waals surface area contributed by atoms with Gasteiger partial charge in [-0.05, 0) is 49.5 Å². The average molecular weight is 372 g/mol. The van der Waals surface area contributed by atoms with Gasteiger partial charge in [0.2, 0.25) is 0 Å². The van der Waals surface area contributed by atoms with E-state index in [0.717, 1.165) is 48.7 Å². The summed E-state index contributed by atoms with van der Waals surface area (Å²) in [5.41, 5.74) is 4.11. The third-order valence-corrected chi connectivity index (χ3v) is 5.63. The molecule has 0 aliphatic carbocycles. The van der Waals surface area contributed by atoms with Crippen LogP contribution in [-0.4, -0.2) is 39.0 Å². The maximum atomic E-state index is 6.20. The number of pyridine rings is 1. The first-order valence-corrected chi connectivity index (χ1v) is 9.97. The number of nitrogens with zero attached hydrogens (tertiary/aromatic N) is 4. The number of rotatable bonds is 5. The highest BCUT2D eigenvalue weighted by atomic mass is 16.5. The Balaban J connectivity index is 1.22. The Bertz CT molecular complexity index is 1070. The molecule has 142 valence electrons. The van der Waals surface area contributed by atoms with Crippen LogP contribution in [0.2, 0.25) is 0 Å². The van der Waals surface area contributed by atoms with Crippen molar-refractivity contribution in [3.63, 3.8) is 0 Å². The summed E-state index contributed by atoms with van der Waals surface area (Å²) in [5, 5.41) is 0. The minimum absolute atomic E-state index is 0.588. The highest BCUT2D eigenvalue weighted by molar-refractivity contribution is 5.80. The van der Waals surface area contributed by atoms with Crippen LogP contribution in [0.3, 0.4) is 0 Å². The SMILES string of the molecule is c1ccc(CN2CCC(COc3ccnc4c3ncc3cccn34)CC2)cc1. The van der Waals surface area contributed by atoms with E-state index in [0.29, 0.717) is 5.92 Å². The third kappa shape index (κ3) is 3.45. The molecule has 1 aromatic carbocycles. The summed E-state index contributed by atoms with van der Waals surface area (Å²) in [7, 11) is 0. The van der Waals surface area contributed by atoms with Crippen LogP contribution in [-0.2, 0) is 6.54 Å². The molecule has 0 N–H and O–H groups in total. The second kappa shape index (κ2) is 7.60. The second-order valence-corrected chi connectivity index (χ2v) is 7.56. The van der Waals surface area contributed by atoms with Crippen LogP contribution in [0.5, 0.6) is 5.75 Å². The molecule has 1 aliphatic rings. The van der Waals surface area contributed by atoms with Gasteiger partial charge in [-0.2, -0.15) is 0 Å². The van der Waals surface area contributed by atoms with E-state index < -0.39 is 0 Å². The van der Waals surface area contributed by atoms with Gasteiger partial charge in [-0.1, -0.05) is 30.3 Å². The van der Waals surface area contributed by atoms with Crippen molar-refractivity contribution < 1.29 is 4.74 Å². The number of hydrogen-bond acceptors (Lipinski definition) is 4. The number of benzene rings is 1. The highest BCUT2D eigenvalue weighted by Crippen LogP contribution is 2.25. The number of likely N-dealkylation sites (tertiary alicyclic amines) is 1. The van der Waals surface area contributed by atoms with Crippen molar-refractivity contribution in [2.24, 2.45) is 5.92 Å². The zero-order valence-electron chi connectivity index (χ0n) is 15.9. The van der Waals surface area contributed by atoms with Crippen molar-refractivity contribution in [1.82, 2.24) is 19.3 Å². The predicted molar refractivity (Wildman–Crippen MR) is 110 cm³/mol. The van der Waals surface area contributed by atoms with Crippen molar-refractivity contribution in [3.8, 4) is 5.75 Å². The molecule has 0 saturated carbocycles. The standard InChI is InChI=1S/C23H24N4O/c1-2-5-18(6-3-1)16-26-13-9-19(10-14-26)17-28-21-8-11-24-23-22(21)25-15-20-7-4-12-27(20)23/h1-8,11-12,15,19H,9-10,13-14,16-17H2. The summed E-state index contributed by atoms with van der Waals surface area (Å²) >= 11 is 0. The van der Waals surface area contributed by atoms with Gasteiger partial charge in [0.25, 0.3) is 0 Å². The van der Waals surface area contributed by atoms with Gasteiger partial charge in [0.05, 0.1) is 18.3 Å². The second-order valence-electron chi connectivity index (χ2n) is 7.56. The van der Waals surface area contributed by atoms with Crippen LogP contribution in [0.4, 0.5) is 0 Å². The van der Waals surface area contributed by atoms with Gasteiger partial charge in [0, 0.05) is 25.0 Å². The predicted octanol–water partition coefficient (Wildman–Crippen LogP) is 4.17. The Morgan fingerprint density at radius 1 is 0.964 bits per heavy atom. The molecule has 0 unspecified atom stereocenters. The number of fused-ring (bicyclic) bond motifs is 3. The van der Waals surface area contributed by atoms with Crippen molar-refractivity contribution in [2.45, 2.75) is 19.4 Å². The molecule has 0 atom stereocenters. The average Bonchev–Trinajstić information content (AvgIpc) is 3.23. The number of aromatic nitrogens is 3. The molecule has 0 amide bonds. The van der Waals surface area contributed by atoms with Crippen LogP contribution in [0, 0.1) is 5.92 Å². The Hall–Kier alpha value is -2.92. The molecule has 0 spiro atoms. The van der Waals surface area contributed by atoms with E-state index in [2.05, 4.69) is 49.6 Å². The summed E-state index contributed by atoms with van der Waals surface area (Å²) in [6.07, 6.45) is 8.04. The van der Waals surface area contributed by atoms with E-state index in [1.807, 2.05) is 30.6 Å². The molecule has 5 rings (SSSR count). The summed E-state index contributed by atoms with van der Waals surface area (Å²) < 4.78 is 8.26. The molecule has 5 heteroatoms. The summed E-state index contributed by atoms with van der Waals surface area (Å²) in [6.45, 7) is 4.04. The maximum Gasteiger partial charge on any atom is 0.167 e. The van der Waals surface area contributed by atoms with Crippen molar-refractivity contribution >= 4 is 16.7 Å². The highest BCUT2D eigenvalue weighted by Gasteiger charge is 2.20. The van der Waals surface area contributed by atoms with Gasteiger partial charge in [-0.3, -0.25) is 9.30 Å². The normalized spacial score (nSPS) is 16.0. The molecular formula is C23H24N4O. The van der Waals surface area contributed by atoms with Gasteiger partial charge in [-0.15, -0.1) is 0 Å². The van der Waals surface area contributed by atoms with Crippen LogP contribution >= 0.6 is 0 Å². The lowest BCUT2D eigenvalue weighted by Crippen LogP contribution is -2.35. The summed E-state index contributed by atoms with van der Waals surface area (Å²) in [6, 6.07) is 16.7. The summed E-state index contributed by atoms with van der Waals surface area (Å²) in [4.78, 5) is 11.6. The number of piperidine rings is 1. The third-order valence-electron chi connectivity index (χ3n) is 5.63. The van der Waals surface area contributed by atoms with Crippen molar-refractivity contribution in [1.29, 1.82) is 0 Å². The maximum absolute atomic E-state index is 6.20. The van der Waals surface area contributed by atoms with E-state index in [1.165, 1.54) is 18.4 Å². The molecule has 4 aromatic rings. The fourth-order valence-corrected chi connectivity index (χ4v) is 4.02. The smallest absolute Gasteiger partial charge is 0.167 e. The van der Waals surface area contributed by atoms with E-state index >= 15 is 0 Å². The lowest BCUT2D eigenvalue weighted by molar-refractivity contribution is 0.137. The molecule has 1 saturated heterocycles. The Morgan fingerprint density at radius 3 is 2.68 bits per heavy atom. The number of ether oxygens (including phenoxy) is 1. The number of hydrogen-bond donors (Lipinski definition) is 0. The largest absolute Gasteiger partial charge is 0.491 e. The lowest BCUT2D eigenvalue weighted by atomic mass is 9.97. The van der Waals surface area contributed by atoms with E-state index in [4.69, 9.17) is 4.74 Å². The van der Waals surface area contributed by atoms with Crippen LogP contribution < -0.4 is 4.74 Å². The van der Waals surface area contributed by atoms with E-state index in [-0.39, 0.29) is 0 Å². The first-order chi connectivity index (χ1) is 13.9. The first kappa shape index (κ1) is 17.2. The van der Waals surface area contributed by atoms with Gasteiger partial charge in [-0.25, -0.2) is 9.97 Å². The Kier molecular flexibility index (Phi) is 4.67. The molecule has 28 heavy (non-hydrogen) atoms. The van der Waals surface area contributed by atoms with Crippen LogP contribution in [0.15, 0.2) is 67.1 Å². The van der Waals surface area contributed by atoms with E-state index in [1.54, 1.807) is 6.20 Å². The minimum Gasteiger partial charge on any atom is -0.491 e. The molecular weight excluding hydrogens is 348 g/mol.